The molecule has 1 unspecified atom stereocenters. The van der Waals surface area contributed by atoms with Crippen molar-refractivity contribution in [1.29, 1.82) is 0 Å². The third-order valence-corrected chi connectivity index (χ3v) is 0.737. The van der Waals surface area contributed by atoms with Crippen molar-refractivity contribution in [2.75, 3.05) is 6.54 Å². The SMILES string of the molecule is NC(=O)CNOC(N)C(N)=O. The number of amides is 2. The Morgan fingerprint density at radius 1 is 1.45 bits per heavy atom. The third kappa shape index (κ3) is 5.27. The summed E-state index contributed by atoms with van der Waals surface area (Å²) in [6.45, 7) is -0.221. The van der Waals surface area contributed by atoms with Crippen LogP contribution in [0.25, 0.3) is 0 Å². The molecule has 64 valence electrons. The van der Waals surface area contributed by atoms with Crippen LogP contribution in [0.5, 0.6) is 0 Å². The predicted octanol–water partition coefficient (Wildman–Crippen LogP) is -3.24. The molecule has 7 nitrogen and oxygen atoms in total. The maximum absolute atomic E-state index is 10.2. The Hall–Kier alpha value is -1.18. The lowest BCUT2D eigenvalue weighted by Gasteiger charge is -2.07. The van der Waals surface area contributed by atoms with Gasteiger partial charge in [-0.15, -0.1) is 0 Å². The Morgan fingerprint density at radius 2 is 2.00 bits per heavy atom. The van der Waals surface area contributed by atoms with Gasteiger partial charge in [-0.1, -0.05) is 0 Å². The number of rotatable bonds is 5. The highest BCUT2D eigenvalue weighted by atomic mass is 16.7. The summed E-state index contributed by atoms with van der Waals surface area (Å²) in [5.74, 6) is -1.45. The number of hydrogen-bond acceptors (Lipinski definition) is 5. The Kier molecular flexibility index (Phi) is 4.11. The normalized spacial score (nSPS) is 12.5. The van der Waals surface area contributed by atoms with Gasteiger partial charge in [-0.3, -0.25) is 20.2 Å². The number of primary amides is 2. The molecule has 0 rings (SSSR count). The van der Waals surface area contributed by atoms with Gasteiger partial charge in [0.05, 0.1) is 6.54 Å². The fourth-order valence-electron chi connectivity index (χ4n) is 0.261. The summed E-state index contributed by atoms with van der Waals surface area (Å²) in [4.78, 5) is 24.6. The molecule has 0 fully saturated rings. The Bertz CT molecular complexity index is 159. The van der Waals surface area contributed by atoms with Gasteiger partial charge in [0.2, 0.25) is 12.1 Å². The van der Waals surface area contributed by atoms with Crippen molar-refractivity contribution in [3.63, 3.8) is 0 Å². The molecule has 0 spiro atoms. The molecule has 0 heterocycles. The van der Waals surface area contributed by atoms with Crippen molar-refractivity contribution in [2.45, 2.75) is 6.23 Å². The molecular weight excluding hydrogens is 152 g/mol. The molecule has 7 N–H and O–H groups in total. The van der Waals surface area contributed by atoms with Crippen molar-refractivity contribution in [3.05, 3.63) is 0 Å². The lowest BCUT2D eigenvalue weighted by atomic mass is 10.6. The molecule has 7 heteroatoms. The van der Waals surface area contributed by atoms with E-state index < -0.39 is 18.0 Å². The fraction of sp³-hybridized carbons (Fsp3) is 0.500. The molecule has 0 aromatic heterocycles. The number of carbonyl (C=O) groups is 2. The van der Waals surface area contributed by atoms with Crippen LogP contribution in [-0.2, 0) is 14.4 Å². The highest BCUT2D eigenvalue weighted by Crippen LogP contribution is 1.74. The number of carbonyl (C=O) groups excluding carboxylic acids is 2. The van der Waals surface area contributed by atoms with E-state index in [1.165, 1.54) is 0 Å². The first kappa shape index (κ1) is 9.82. The zero-order chi connectivity index (χ0) is 8.85. The lowest BCUT2D eigenvalue weighted by Crippen LogP contribution is -2.44. The number of hydrogen-bond donors (Lipinski definition) is 4. The van der Waals surface area contributed by atoms with E-state index in [-0.39, 0.29) is 6.54 Å². The van der Waals surface area contributed by atoms with Crippen LogP contribution in [0.2, 0.25) is 0 Å². The van der Waals surface area contributed by atoms with Gasteiger partial charge in [0.15, 0.2) is 0 Å². The molecule has 2 amide bonds. The first-order valence-corrected chi connectivity index (χ1v) is 2.75. The minimum absolute atomic E-state index is 0.221. The topological polar surface area (TPSA) is 133 Å². The Morgan fingerprint density at radius 3 is 2.36 bits per heavy atom. The summed E-state index contributed by atoms with van der Waals surface area (Å²) >= 11 is 0. The molecular formula is C4H10N4O3. The van der Waals surface area contributed by atoms with E-state index in [9.17, 15) is 9.59 Å². The summed E-state index contributed by atoms with van der Waals surface area (Å²) in [6, 6.07) is 0. The van der Waals surface area contributed by atoms with E-state index in [0.717, 1.165) is 0 Å². The Labute approximate surface area is 62.8 Å². The van der Waals surface area contributed by atoms with E-state index in [2.05, 4.69) is 10.3 Å². The highest BCUT2D eigenvalue weighted by Gasteiger charge is 2.08. The van der Waals surface area contributed by atoms with Crippen LogP contribution >= 0.6 is 0 Å². The van der Waals surface area contributed by atoms with Crippen molar-refractivity contribution in [3.8, 4) is 0 Å². The second kappa shape index (κ2) is 4.61. The van der Waals surface area contributed by atoms with Crippen LogP contribution in [0, 0.1) is 0 Å². The van der Waals surface area contributed by atoms with Crippen LogP contribution in [0.15, 0.2) is 0 Å². The average molecular weight is 162 g/mol. The van der Waals surface area contributed by atoms with Crippen LogP contribution in [0.1, 0.15) is 0 Å². The first-order chi connectivity index (χ1) is 5.04. The molecule has 0 aromatic carbocycles. The van der Waals surface area contributed by atoms with E-state index in [4.69, 9.17) is 17.2 Å². The Balaban J connectivity index is 3.39. The smallest absolute Gasteiger partial charge is 0.263 e. The van der Waals surface area contributed by atoms with Crippen molar-refractivity contribution >= 4 is 11.8 Å². The van der Waals surface area contributed by atoms with Crippen molar-refractivity contribution < 1.29 is 14.4 Å². The quantitative estimate of drug-likeness (QED) is 0.249. The largest absolute Gasteiger partial charge is 0.368 e. The molecule has 0 aliphatic rings. The van der Waals surface area contributed by atoms with Gasteiger partial charge >= 0.3 is 0 Å². The molecule has 0 saturated heterocycles. The zero-order valence-electron chi connectivity index (χ0n) is 5.74. The summed E-state index contributed by atoms with van der Waals surface area (Å²) < 4.78 is 0. The molecule has 0 aromatic rings. The van der Waals surface area contributed by atoms with Crippen molar-refractivity contribution in [2.24, 2.45) is 17.2 Å². The second-order valence-electron chi connectivity index (χ2n) is 1.73. The third-order valence-electron chi connectivity index (χ3n) is 0.737. The summed E-state index contributed by atoms with van der Waals surface area (Å²) in [6.07, 6.45) is -1.27. The monoisotopic (exact) mass is 162 g/mol. The molecule has 0 aliphatic heterocycles. The summed E-state index contributed by atoms with van der Waals surface area (Å²) in [7, 11) is 0. The number of nitrogens with one attached hydrogen (secondary N) is 1. The molecule has 0 bridgehead atoms. The van der Waals surface area contributed by atoms with Crippen LogP contribution in [0.4, 0.5) is 0 Å². The zero-order valence-corrected chi connectivity index (χ0v) is 5.74. The van der Waals surface area contributed by atoms with Gasteiger partial charge in [0.25, 0.3) is 5.91 Å². The van der Waals surface area contributed by atoms with Crippen LogP contribution < -0.4 is 22.7 Å². The molecule has 0 aliphatic carbocycles. The van der Waals surface area contributed by atoms with E-state index in [0.29, 0.717) is 0 Å². The van der Waals surface area contributed by atoms with Gasteiger partial charge in [-0.05, 0) is 0 Å². The lowest BCUT2D eigenvalue weighted by molar-refractivity contribution is -0.137. The predicted molar refractivity (Wildman–Crippen MR) is 35.5 cm³/mol. The maximum Gasteiger partial charge on any atom is 0.263 e. The van der Waals surface area contributed by atoms with Gasteiger partial charge in [0, 0.05) is 0 Å². The van der Waals surface area contributed by atoms with E-state index in [1.54, 1.807) is 0 Å². The second-order valence-corrected chi connectivity index (χ2v) is 1.73. The summed E-state index contributed by atoms with van der Waals surface area (Å²) in [5.41, 5.74) is 16.5. The van der Waals surface area contributed by atoms with Crippen LogP contribution in [-0.4, -0.2) is 24.6 Å². The van der Waals surface area contributed by atoms with E-state index >= 15 is 0 Å². The van der Waals surface area contributed by atoms with Gasteiger partial charge in [-0.25, -0.2) is 0 Å². The standard InChI is InChI=1S/C4H10N4O3/c5-2(9)1-8-11-4(7)3(6)10/h4,8H,1,7H2,(H2,5,9)(H2,6,10). The highest BCUT2D eigenvalue weighted by molar-refractivity contribution is 5.78. The molecule has 1 atom stereocenters. The minimum atomic E-state index is -1.27. The molecule has 11 heavy (non-hydrogen) atoms. The van der Waals surface area contributed by atoms with Crippen LogP contribution in [0.3, 0.4) is 0 Å². The minimum Gasteiger partial charge on any atom is -0.368 e. The van der Waals surface area contributed by atoms with Crippen molar-refractivity contribution in [1.82, 2.24) is 5.48 Å². The van der Waals surface area contributed by atoms with Gasteiger partial charge in [0.1, 0.15) is 0 Å². The van der Waals surface area contributed by atoms with Gasteiger partial charge in [-0.2, -0.15) is 5.48 Å². The first-order valence-electron chi connectivity index (χ1n) is 2.75. The number of nitrogens with two attached hydrogens (primary N) is 3. The molecule has 0 radical (unpaired) electrons. The molecule has 0 saturated carbocycles. The maximum atomic E-state index is 10.2. The fourth-order valence-corrected chi connectivity index (χ4v) is 0.261. The average Bonchev–Trinajstić information content (AvgIpc) is 1.86. The van der Waals surface area contributed by atoms with Gasteiger partial charge < -0.3 is 11.5 Å². The summed E-state index contributed by atoms with van der Waals surface area (Å²) in [5, 5.41) is 0. The van der Waals surface area contributed by atoms with E-state index in [1.807, 2.05) is 0 Å². The number of hydroxylamine groups is 1.